The lowest BCUT2D eigenvalue weighted by atomic mass is 9.94. The van der Waals surface area contributed by atoms with Gasteiger partial charge in [-0.2, -0.15) is 43.9 Å². The van der Waals surface area contributed by atoms with E-state index in [1.54, 1.807) is 0 Å². The second kappa shape index (κ2) is 9.06. The molecule has 2 nitrogen and oxygen atoms in total. The highest BCUT2D eigenvalue weighted by Crippen LogP contribution is 2.58. The van der Waals surface area contributed by atoms with E-state index in [2.05, 4.69) is 4.74 Å². The summed E-state index contributed by atoms with van der Waals surface area (Å²) in [7, 11) is 0. The fraction of sp³-hybridized carbons (Fsp3) is 0.917. The Kier molecular flexibility index (Phi) is 8.88. The van der Waals surface area contributed by atoms with Crippen molar-refractivity contribution in [3.8, 4) is 0 Å². The summed E-state index contributed by atoms with van der Waals surface area (Å²) in [5.41, 5.74) is 0. The Labute approximate surface area is 158 Å². The van der Waals surface area contributed by atoms with Gasteiger partial charge in [0.15, 0.2) is 5.12 Å². The van der Waals surface area contributed by atoms with Crippen LogP contribution in [0.4, 0.5) is 52.7 Å². The summed E-state index contributed by atoms with van der Waals surface area (Å²) in [5, 5.41) is -1.76. The van der Waals surface area contributed by atoms with Crippen LogP contribution in [-0.4, -0.2) is 65.5 Å². The van der Waals surface area contributed by atoms with E-state index in [4.69, 9.17) is 11.6 Å². The van der Waals surface area contributed by atoms with Gasteiger partial charge in [0.25, 0.3) is 0 Å². The first-order valence-electron chi connectivity index (χ1n) is 6.78. The monoisotopic (exact) mass is 482 g/mol. The second-order valence-electron chi connectivity index (χ2n) is 5.27. The summed E-state index contributed by atoms with van der Waals surface area (Å²) in [6.45, 7) is -2.64. The first-order valence-corrected chi connectivity index (χ1v) is 8.20. The summed E-state index contributed by atoms with van der Waals surface area (Å²) >= 11 is 6.00. The number of halogens is 13. The summed E-state index contributed by atoms with van der Waals surface area (Å²) < 4.78 is 159. The van der Waals surface area contributed by atoms with Gasteiger partial charge in [0.05, 0.1) is 12.0 Å². The lowest BCUT2D eigenvalue weighted by molar-refractivity contribution is -0.415. The van der Waals surface area contributed by atoms with E-state index in [0.717, 1.165) is 6.92 Å². The van der Waals surface area contributed by atoms with Crippen LogP contribution in [0.25, 0.3) is 0 Å². The molecule has 0 rings (SSSR count). The van der Waals surface area contributed by atoms with E-state index < -0.39 is 59.7 Å². The van der Waals surface area contributed by atoms with E-state index in [-0.39, 0.29) is 5.75 Å². The van der Waals surface area contributed by atoms with Gasteiger partial charge < -0.3 is 4.74 Å². The average Bonchev–Trinajstić information content (AvgIpc) is 2.51. The van der Waals surface area contributed by atoms with Gasteiger partial charge in [0.2, 0.25) is 0 Å². The molecule has 0 fully saturated rings. The number of rotatable bonds is 11. The third-order valence-corrected chi connectivity index (χ3v) is 4.43. The molecule has 0 aliphatic rings. The van der Waals surface area contributed by atoms with Crippen molar-refractivity contribution in [1.29, 1.82) is 0 Å². The van der Waals surface area contributed by atoms with Crippen molar-refractivity contribution in [3.63, 3.8) is 0 Å². The molecule has 1 atom stereocenters. The van der Waals surface area contributed by atoms with E-state index in [1.165, 1.54) is 0 Å². The van der Waals surface area contributed by atoms with Crippen molar-refractivity contribution in [3.05, 3.63) is 0 Å². The minimum atomic E-state index is -7.59. The van der Waals surface area contributed by atoms with Gasteiger partial charge in [0, 0.05) is 12.7 Å². The largest absolute Gasteiger partial charge is 0.384 e. The number of thioether (sulfide) groups is 1. The maximum absolute atomic E-state index is 13.4. The predicted octanol–water partition coefficient (Wildman–Crippen LogP) is 5.33. The molecular weight excluding hydrogens is 472 g/mol. The highest BCUT2D eigenvalue weighted by atomic mass is 35.5. The molecule has 0 aromatic rings. The van der Waals surface area contributed by atoms with Gasteiger partial charge in [-0.1, -0.05) is 11.8 Å². The predicted molar refractivity (Wildman–Crippen MR) is 74.3 cm³/mol. The number of ether oxygens (including phenoxy) is 1. The van der Waals surface area contributed by atoms with Gasteiger partial charge in [-0.05, 0) is 0 Å². The minimum absolute atomic E-state index is 0.284. The first kappa shape index (κ1) is 27.4. The Morgan fingerprint density at radius 2 is 1.39 bits per heavy atom. The summed E-state index contributed by atoms with van der Waals surface area (Å²) in [6.07, 6.45) is -5.55. The Morgan fingerprint density at radius 1 is 0.929 bits per heavy atom. The summed E-state index contributed by atoms with van der Waals surface area (Å²) in [4.78, 5) is 10.6. The van der Waals surface area contributed by atoms with Crippen LogP contribution < -0.4 is 0 Å². The SMILES string of the molecule is CC(=O)SCC(Cl)COCC(F)(F)C(F)(F)C(F)(F)C(F)(F)C(F)(F)C(F)F. The van der Waals surface area contributed by atoms with Crippen molar-refractivity contribution in [2.75, 3.05) is 19.0 Å². The normalized spacial score (nSPS) is 15.8. The smallest absolute Gasteiger partial charge is 0.373 e. The van der Waals surface area contributed by atoms with Crippen LogP contribution in [0.15, 0.2) is 0 Å². The molecule has 0 bridgehead atoms. The number of carbonyl (C=O) groups is 1. The molecule has 0 aromatic carbocycles. The zero-order chi connectivity index (χ0) is 22.8. The molecule has 0 saturated carbocycles. The number of hydrogen-bond donors (Lipinski definition) is 0. The Hall–Kier alpha value is -0.570. The molecule has 0 aliphatic heterocycles. The van der Waals surface area contributed by atoms with Gasteiger partial charge in [-0.25, -0.2) is 8.78 Å². The van der Waals surface area contributed by atoms with Crippen LogP contribution in [0.2, 0.25) is 0 Å². The van der Waals surface area contributed by atoms with E-state index in [1.807, 2.05) is 0 Å². The number of hydrogen-bond acceptors (Lipinski definition) is 3. The standard InChI is InChI=1S/C12H11ClF12O2S/c1-5(26)28-3-6(13)2-27-4-8(16,17)10(20,21)12(24,25)11(22,23)9(18,19)7(14)15/h6-7H,2-4H2,1H3. The van der Waals surface area contributed by atoms with Crippen molar-refractivity contribution in [1.82, 2.24) is 0 Å². The zero-order valence-electron chi connectivity index (χ0n) is 13.4. The molecule has 1 unspecified atom stereocenters. The average molecular weight is 483 g/mol. The van der Waals surface area contributed by atoms with Crippen LogP contribution >= 0.6 is 23.4 Å². The van der Waals surface area contributed by atoms with Gasteiger partial charge in [0.1, 0.15) is 6.61 Å². The molecule has 28 heavy (non-hydrogen) atoms. The molecule has 0 radical (unpaired) electrons. The molecule has 0 saturated heterocycles. The van der Waals surface area contributed by atoms with Crippen LogP contribution in [0.3, 0.4) is 0 Å². The lowest BCUT2D eigenvalue weighted by Crippen LogP contribution is -2.69. The molecule has 0 aromatic heterocycles. The van der Waals surface area contributed by atoms with Crippen LogP contribution in [0, 0.1) is 0 Å². The topological polar surface area (TPSA) is 26.3 Å². The minimum Gasteiger partial charge on any atom is -0.373 e. The van der Waals surface area contributed by atoms with E-state index in [9.17, 15) is 57.5 Å². The molecule has 0 aliphatic carbocycles. The highest BCUT2D eigenvalue weighted by Gasteiger charge is 2.87. The molecule has 0 heterocycles. The third-order valence-electron chi connectivity index (χ3n) is 2.99. The van der Waals surface area contributed by atoms with Gasteiger partial charge >= 0.3 is 36.0 Å². The quantitative estimate of drug-likeness (QED) is 0.294. The maximum Gasteiger partial charge on any atom is 0.384 e. The molecule has 16 heteroatoms. The van der Waals surface area contributed by atoms with Crippen molar-refractivity contribution >= 4 is 28.5 Å². The molecular formula is C12H11ClF12O2S. The van der Waals surface area contributed by atoms with Crippen LogP contribution in [0.1, 0.15) is 6.92 Å². The van der Waals surface area contributed by atoms with Crippen LogP contribution in [0.5, 0.6) is 0 Å². The van der Waals surface area contributed by atoms with Crippen molar-refractivity contribution in [2.45, 2.75) is 48.3 Å². The molecule has 168 valence electrons. The zero-order valence-corrected chi connectivity index (χ0v) is 15.0. The molecule has 0 N–H and O–H groups in total. The van der Waals surface area contributed by atoms with Gasteiger partial charge in [-0.3, -0.25) is 4.79 Å². The van der Waals surface area contributed by atoms with E-state index in [0.29, 0.717) is 11.8 Å². The summed E-state index contributed by atoms with van der Waals surface area (Å²) in [6, 6.07) is 0. The maximum atomic E-state index is 13.4. The summed E-state index contributed by atoms with van der Waals surface area (Å²) in [5.74, 6) is -35.8. The second-order valence-corrected chi connectivity index (χ2v) is 7.08. The fourth-order valence-corrected chi connectivity index (χ4v) is 2.22. The van der Waals surface area contributed by atoms with Crippen LogP contribution in [-0.2, 0) is 9.53 Å². The number of alkyl halides is 13. The fourth-order valence-electron chi connectivity index (χ4n) is 1.43. The molecule has 0 amide bonds. The number of carbonyl (C=O) groups excluding carboxylic acids is 1. The third kappa shape index (κ3) is 5.32. The Balaban J connectivity index is 5.39. The van der Waals surface area contributed by atoms with E-state index >= 15 is 0 Å². The Morgan fingerprint density at radius 3 is 1.79 bits per heavy atom. The first-order chi connectivity index (χ1) is 12.3. The van der Waals surface area contributed by atoms with Crippen molar-refractivity contribution in [2.24, 2.45) is 0 Å². The highest BCUT2D eigenvalue weighted by molar-refractivity contribution is 8.13. The molecule has 0 spiro atoms. The Bertz CT molecular complexity index is 543. The van der Waals surface area contributed by atoms with Gasteiger partial charge in [-0.15, -0.1) is 11.6 Å². The lowest BCUT2D eigenvalue weighted by Gasteiger charge is -2.39. The van der Waals surface area contributed by atoms with Crippen molar-refractivity contribution < 1.29 is 62.2 Å².